The summed E-state index contributed by atoms with van der Waals surface area (Å²) < 4.78 is 0. The molecule has 148 valence electrons. The van der Waals surface area contributed by atoms with Gasteiger partial charge in [0.15, 0.2) is 0 Å². The number of benzene rings is 2. The van der Waals surface area contributed by atoms with Crippen LogP contribution in [0.2, 0.25) is 0 Å². The topological polar surface area (TPSA) is 23.6 Å². The molecule has 2 aromatic carbocycles. The van der Waals surface area contributed by atoms with Crippen molar-refractivity contribution < 1.29 is 4.79 Å². The van der Waals surface area contributed by atoms with Gasteiger partial charge in [0.1, 0.15) is 0 Å². The number of nitrogens with zero attached hydrogens (tertiary/aromatic N) is 2. The molecule has 0 atom stereocenters. The second-order valence-electron chi connectivity index (χ2n) is 9.15. The summed E-state index contributed by atoms with van der Waals surface area (Å²) in [6, 6.07) is 19.4. The molecule has 0 bridgehead atoms. The lowest BCUT2D eigenvalue weighted by atomic mass is 9.64. The molecule has 0 unspecified atom stereocenters. The van der Waals surface area contributed by atoms with E-state index in [9.17, 15) is 4.79 Å². The number of carbonyl (C=O) groups is 1. The SMILES string of the molecule is Cc1ccccc1CN1C[C@]2(CC[C@@](c3ccccc3)(N(C)C)CC2)CC1=O. The van der Waals surface area contributed by atoms with Gasteiger partial charge in [-0.1, -0.05) is 54.6 Å². The van der Waals surface area contributed by atoms with Crippen molar-refractivity contribution in [3.05, 3.63) is 71.3 Å². The van der Waals surface area contributed by atoms with Gasteiger partial charge in [-0.25, -0.2) is 0 Å². The standard InChI is InChI=1S/C25H32N2O/c1-20-9-7-8-10-21(20)18-27-19-24(17-23(27)28)13-15-25(16-14-24,26(2)3)22-11-5-4-6-12-22/h4-12H,13-19H2,1-3H3/t24-,25+. The molecule has 1 aliphatic heterocycles. The van der Waals surface area contributed by atoms with E-state index in [4.69, 9.17) is 0 Å². The molecule has 3 heteroatoms. The highest BCUT2D eigenvalue weighted by molar-refractivity contribution is 5.79. The maximum absolute atomic E-state index is 12.8. The molecule has 0 aromatic heterocycles. The van der Waals surface area contributed by atoms with E-state index in [1.807, 2.05) is 0 Å². The van der Waals surface area contributed by atoms with E-state index < -0.39 is 0 Å². The molecule has 1 heterocycles. The molecule has 1 saturated heterocycles. The van der Waals surface area contributed by atoms with Gasteiger partial charge in [0.2, 0.25) is 5.91 Å². The van der Waals surface area contributed by atoms with E-state index in [1.165, 1.54) is 16.7 Å². The summed E-state index contributed by atoms with van der Waals surface area (Å²) in [6.07, 6.45) is 5.20. The Kier molecular flexibility index (Phi) is 5.05. The molecule has 0 radical (unpaired) electrons. The number of hydrogen-bond donors (Lipinski definition) is 0. The minimum Gasteiger partial charge on any atom is -0.338 e. The molecule has 2 aromatic rings. The average molecular weight is 377 g/mol. The summed E-state index contributed by atoms with van der Waals surface area (Å²) in [4.78, 5) is 17.3. The van der Waals surface area contributed by atoms with Gasteiger partial charge in [-0.15, -0.1) is 0 Å². The Hall–Kier alpha value is -2.13. The van der Waals surface area contributed by atoms with Gasteiger partial charge in [-0.3, -0.25) is 9.69 Å². The van der Waals surface area contributed by atoms with E-state index in [0.717, 1.165) is 45.2 Å². The summed E-state index contributed by atoms with van der Waals surface area (Å²) in [7, 11) is 4.41. The molecule has 1 saturated carbocycles. The molecule has 2 aliphatic rings. The quantitative estimate of drug-likeness (QED) is 0.769. The van der Waals surface area contributed by atoms with Crippen LogP contribution in [0.15, 0.2) is 54.6 Å². The van der Waals surface area contributed by atoms with Crippen LogP contribution in [0.5, 0.6) is 0 Å². The minimum atomic E-state index is 0.0962. The summed E-state index contributed by atoms with van der Waals surface area (Å²) in [6.45, 7) is 3.81. The number of rotatable bonds is 4. The fraction of sp³-hybridized carbons (Fsp3) is 0.480. The third kappa shape index (κ3) is 3.37. The maximum atomic E-state index is 12.8. The second kappa shape index (κ2) is 7.36. The Morgan fingerprint density at radius 2 is 1.57 bits per heavy atom. The van der Waals surface area contributed by atoms with Crippen molar-refractivity contribution in [3.8, 4) is 0 Å². The molecule has 1 aliphatic carbocycles. The van der Waals surface area contributed by atoms with Gasteiger partial charge in [-0.05, 0) is 68.8 Å². The fourth-order valence-electron chi connectivity index (χ4n) is 5.39. The average Bonchev–Trinajstić information content (AvgIpc) is 3.00. The van der Waals surface area contributed by atoms with Crippen molar-refractivity contribution in [2.75, 3.05) is 20.6 Å². The summed E-state index contributed by atoms with van der Waals surface area (Å²) >= 11 is 0. The van der Waals surface area contributed by atoms with E-state index in [2.05, 4.69) is 85.4 Å². The van der Waals surface area contributed by atoms with E-state index in [-0.39, 0.29) is 11.0 Å². The van der Waals surface area contributed by atoms with Gasteiger partial charge in [0.05, 0.1) is 0 Å². The number of likely N-dealkylation sites (tertiary alicyclic amines) is 1. The largest absolute Gasteiger partial charge is 0.338 e. The van der Waals surface area contributed by atoms with Crippen molar-refractivity contribution in [2.45, 2.75) is 51.1 Å². The fourth-order valence-corrected chi connectivity index (χ4v) is 5.39. The molecule has 4 rings (SSSR count). The number of aryl methyl sites for hydroxylation is 1. The molecular formula is C25H32N2O. The molecule has 1 amide bonds. The molecule has 3 nitrogen and oxygen atoms in total. The summed E-state index contributed by atoms with van der Waals surface area (Å²) in [5, 5.41) is 0. The molecule has 1 spiro atoms. The van der Waals surface area contributed by atoms with Crippen molar-refractivity contribution in [1.29, 1.82) is 0 Å². The van der Waals surface area contributed by atoms with Crippen molar-refractivity contribution in [3.63, 3.8) is 0 Å². The van der Waals surface area contributed by atoms with Crippen molar-refractivity contribution >= 4 is 5.91 Å². The van der Waals surface area contributed by atoms with Crippen LogP contribution in [0, 0.1) is 12.3 Å². The van der Waals surface area contributed by atoms with Gasteiger partial charge in [0.25, 0.3) is 0 Å². The first kappa shape index (κ1) is 19.2. The van der Waals surface area contributed by atoms with E-state index in [0.29, 0.717) is 5.91 Å². The molecule has 2 fully saturated rings. The van der Waals surface area contributed by atoms with E-state index >= 15 is 0 Å². The number of amides is 1. The van der Waals surface area contributed by atoms with Gasteiger partial charge < -0.3 is 4.90 Å². The highest BCUT2D eigenvalue weighted by atomic mass is 16.2. The predicted molar refractivity (Wildman–Crippen MR) is 114 cm³/mol. The highest BCUT2D eigenvalue weighted by Crippen LogP contribution is 2.52. The van der Waals surface area contributed by atoms with Crippen LogP contribution in [0.1, 0.15) is 48.8 Å². The lowest BCUT2D eigenvalue weighted by Crippen LogP contribution is -2.47. The minimum absolute atomic E-state index is 0.0962. The Morgan fingerprint density at radius 1 is 0.929 bits per heavy atom. The van der Waals surface area contributed by atoms with Gasteiger partial charge in [-0.2, -0.15) is 0 Å². The number of hydrogen-bond acceptors (Lipinski definition) is 2. The van der Waals surface area contributed by atoms with E-state index in [1.54, 1.807) is 0 Å². The Bertz CT molecular complexity index is 835. The lowest BCUT2D eigenvalue weighted by Gasteiger charge is -2.48. The van der Waals surface area contributed by atoms with Crippen LogP contribution < -0.4 is 0 Å². The Morgan fingerprint density at radius 3 is 2.21 bits per heavy atom. The zero-order valence-corrected chi connectivity index (χ0v) is 17.4. The predicted octanol–water partition coefficient (Wildman–Crippen LogP) is 4.74. The van der Waals surface area contributed by atoms with Gasteiger partial charge in [0, 0.05) is 25.0 Å². The molecule has 0 N–H and O–H groups in total. The summed E-state index contributed by atoms with van der Waals surface area (Å²) in [5.74, 6) is 0.334. The first-order valence-electron chi connectivity index (χ1n) is 10.5. The smallest absolute Gasteiger partial charge is 0.223 e. The van der Waals surface area contributed by atoms with Gasteiger partial charge >= 0.3 is 0 Å². The zero-order valence-electron chi connectivity index (χ0n) is 17.4. The Labute approximate surface area is 169 Å². The van der Waals surface area contributed by atoms with Crippen molar-refractivity contribution in [1.82, 2.24) is 9.80 Å². The van der Waals surface area contributed by atoms with Crippen LogP contribution in [0.25, 0.3) is 0 Å². The van der Waals surface area contributed by atoms with Crippen LogP contribution in [-0.2, 0) is 16.9 Å². The lowest BCUT2D eigenvalue weighted by molar-refractivity contribution is -0.128. The summed E-state index contributed by atoms with van der Waals surface area (Å²) in [5.41, 5.74) is 4.22. The second-order valence-corrected chi connectivity index (χ2v) is 9.15. The van der Waals surface area contributed by atoms with Crippen LogP contribution in [0.3, 0.4) is 0 Å². The third-order valence-electron chi connectivity index (χ3n) is 7.33. The first-order valence-corrected chi connectivity index (χ1v) is 10.5. The first-order chi connectivity index (χ1) is 13.4. The molecular weight excluding hydrogens is 344 g/mol. The third-order valence-corrected chi connectivity index (χ3v) is 7.33. The highest BCUT2D eigenvalue weighted by Gasteiger charge is 2.50. The van der Waals surface area contributed by atoms with Crippen molar-refractivity contribution in [2.24, 2.45) is 5.41 Å². The van der Waals surface area contributed by atoms with Crippen LogP contribution >= 0.6 is 0 Å². The Balaban J connectivity index is 1.50. The maximum Gasteiger partial charge on any atom is 0.223 e. The molecule has 28 heavy (non-hydrogen) atoms. The van der Waals surface area contributed by atoms with Crippen LogP contribution in [0.4, 0.5) is 0 Å². The van der Waals surface area contributed by atoms with Crippen LogP contribution in [-0.4, -0.2) is 36.3 Å². The monoisotopic (exact) mass is 376 g/mol. The normalized spacial score (nSPS) is 27.7. The number of carbonyl (C=O) groups excluding carboxylic acids is 1. The zero-order chi connectivity index (χ0) is 19.8.